The monoisotopic (exact) mass is 386 g/mol. The average molecular weight is 387 g/mol. The number of nitro benzene ring substituents is 1. The summed E-state index contributed by atoms with van der Waals surface area (Å²) >= 11 is 5.23. The van der Waals surface area contributed by atoms with Gasteiger partial charge in [-0.25, -0.2) is 0 Å². The lowest BCUT2D eigenvalue weighted by molar-refractivity contribution is -0.384. The normalized spacial score (nSPS) is 10.1. The number of benzene rings is 1. The van der Waals surface area contributed by atoms with E-state index in [4.69, 9.17) is 10.5 Å². The largest absolute Gasteiger partial charge is 0.495 e. The summed E-state index contributed by atoms with van der Waals surface area (Å²) in [5, 5.41) is 10.8. The van der Waals surface area contributed by atoms with Gasteiger partial charge < -0.3 is 10.5 Å². The first kappa shape index (κ1) is 12.5. The number of nitro groups is 1. The fourth-order valence-corrected chi connectivity index (χ4v) is 2.45. The van der Waals surface area contributed by atoms with Crippen molar-refractivity contribution >= 4 is 49.9 Å². The van der Waals surface area contributed by atoms with Crippen LogP contribution in [0.3, 0.4) is 0 Å². The quantitative estimate of drug-likeness (QED) is 0.367. The zero-order valence-corrected chi connectivity index (χ0v) is 11.7. The highest BCUT2D eigenvalue weighted by atomic mass is 127. The van der Waals surface area contributed by atoms with Crippen molar-refractivity contribution in [3.63, 3.8) is 0 Å². The van der Waals surface area contributed by atoms with Crippen LogP contribution in [0.25, 0.3) is 0 Å². The highest BCUT2D eigenvalue weighted by Crippen LogP contribution is 2.43. The lowest BCUT2D eigenvalue weighted by Crippen LogP contribution is -2.04. The van der Waals surface area contributed by atoms with Gasteiger partial charge in [-0.15, -0.1) is 0 Å². The Labute approximate surface area is 108 Å². The molecule has 0 saturated carbocycles. The molecular weight excluding hydrogens is 379 g/mol. The van der Waals surface area contributed by atoms with E-state index in [1.54, 1.807) is 6.92 Å². The van der Waals surface area contributed by atoms with Crippen LogP contribution in [0.1, 0.15) is 5.56 Å². The first-order valence-electron chi connectivity index (χ1n) is 3.87. The van der Waals surface area contributed by atoms with Gasteiger partial charge in [-0.1, -0.05) is 0 Å². The molecule has 0 heterocycles. The second kappa shape index (κ2) is 4.52. The van der Waals surface area contributed by atoms with Crippen molar-refractivity contribution < 1.29 is 9.66 Å². The molecule has 0 saturated heterocycles. The molecule has 1 aromatic carbocycles. The zero-order valence-electron chi connectivity index (χ0n) is 8.01. The molecule has 0 atom stereocenters. The molecule has 7 heteroatoms. The Balaban J connectivity index is 3.68. The van der Waals surface area contributed by atoms with Crippen LogP contribution in [0.4, 0.5) is 11.4 Å². The van der Waals surface area contributed by atoms with Gasteiger partial charge >= 0.3 is 0 Å². The van der Waals surface area contributed by atoms with E-state index in [0.717, 1.165) is 0 Å². The maximum Gasteiger partial charge on any atom is 0.299 e. The van der Waals surface area contributed by atoms with Crippen molar-refractivity contribution in [2.45, 2.75) is 6.92 Å². The predicted octanol–water partition coefficient (Wildman–Crippen LogP) is 2.86. The molecule has 0 unspecified atom stereocenters. The van der Waals surface area contributed by atoms with E-state index in [1.807, 2.05) is 22.6 Å². The number of rotatable bonds is 2. The Hall–Kier alpha value is -0.570. The average Bonchev–Trinajstić information content (AvgIpc) is 2.15. The lowest BCUT2D eigenvalue weighted by atomic mass is 10.1. The van der Waals surface area contributed by atoms with E-state index in [9.17, 15) is 10.1 Å². The maximum absolute atomic E-state index is 10.8. The minimum Gasteiger partial charge on any atom is -0.495 e. The number of ether oxygens (including phenoxy) is 1. The number of nitrogen functional groups attached to an aromatic ring is 1. The standard InChI is InChI=1S/C8H8BrIN2O3/c1-3-7(12(13)14)6(11)5(10)4(9)8(3)15-2/h11H2,1-2H3. The number of hydrogen-bond acceptors (Lipinski definition) is 4. The van der Waals surface area contributed by atoms with Crippen molar-refractivity contribution in [1.82, 2.24) is 0 Å². The molecular formula is C8H8BrIN2O3. The summed E-state index contributed by atoms with van der Waals surface area (Å²) in [5.41, 5.74) is 6.16. The Morgan fingerprint density at radius 1 is 1.60 bits per heavy atom. The van der Waals surface area contributed by atoms with Crippen molar-refractivity contribution in [3.05, 3.63) is 23.7 Å². The van der Waals surface area contributed by atoms with Gasteiger partial charge in [-0.3, -0.25) is 10.1 Å². The number of hydrogen-bond donors (Lipinski definition) is 1. The summed E-state index contributed by atoms with van der Waals surface area (Å²) in [6.45, 7) is 1.61. The zero-order chi connectivity index (χ0) is 11.7. The fourth-order valence-electron chi connectivity index (χ4n) is 1.27. The van der Waals surface area contributed by atoms with Gasteiger partial charge in [0.15, 0.2) is 0 Å². The van der Waals surface area contributed by atoms with Crippen LogP contribution >= 0.6 is 38.5 Å². The predicted molar refractivity (Wildman–Crippen MR) is 69.2 cm³/mol. The number of nitrogens with zero attached hydrogens (tertiary/aromatic N) is 1. The molecule has 0 radical (unpaired) electrons. The van der Waals surface area contributed by atoms with Gasteiger partial charge in [0.05, 0.1) is 25.6 Å². The molecule has 0 aliphatic heterocycles. The number of nitrogens with two attached hydrogens (primary N) is 1. The summed E-state index contributed by atoms with van der Waals surface area (Å²) in [6.07, 6.45) is 0. The van der Waals surface area contributed by atoms with E-state index in [0.29, 0.717) is 19.4 Å². The molecule has 5 nitrogen and oxygen atoms in total. The molecule has 0 aliphatic rings. The van der Waals surface area contributed by atoms with Crippen molar-refractivity contribution in [2.75, 3.05) is 12.8 Å². The van der Waals surface area contributed by atoms with Crippen LogP contribution in [-0.4, -0.2) is 12.0 Å². The van der Waals surface area contributed by atoms with Crippen LogP contribution in [-0.2, 0) is 0 Å². The summed E-state index contributed by atoms with van der Waals surface area (Å²) in [6, 6.07) is 0. The van der Waals surface area contributed by atoms with Gasteiger partial charge in [0.1, 0.15) is 11.4 Å². The number of anilines is 1. The third-order valence-corrected chi connectivity index (χ3v) is 4.58. The van der Waals surface area contributed by atoms with Gasteiger partial charge in [0, 0.05) is 0 Å². The highest BCUT2D eigenvalue weighted by molar-refractivity contribution is 14.1. The number of halogens is 2. The molecule has 1 rings (SSSR count). The Bertz CT molecular complexity index is 437. The van der Waals surface area contributed by atoms with E-state index >= 15 is 0 Å². The van der Waals surface area contributed by atoms with Crippen LogP contribution in [0.5, 0.6) is 5.75 Å². The second-order valence-corrected chi connectivity index (χ2v) is 4.68. The van der Waals surface area contributed by atoms with Crippen molar-refractivity contribution in [2.24, 2.45) is 0 Å². The van der Waals surface area contributed by atoms with E-state index in [-0.39, 0.29) is 11.4 Å². The summed E-state index contributed by atoms with van der Waals surface area (Å²) in [5.74, 6) is 0.445. The Morgan fingerprint density at radius 2 is 2.13 bits per heavy atom. The molecule has 1 aromatic rings. The van der Waals surface area contributed by atoms with Crippen molar-refractivity contribution in [3.8, 4) is 5.75 Å². The highest BCUT2D eigenvalue weighted by Gasteiger charge is 2.25. The van der Waals surface area contributed by atoms with Crippen LogP contribution in [0.15, 0.2) is 4.47 Å². The Kier molecular flexibility index (Phi) is 3.77. The smallest absolute Gasteiger partial charge is 0.299 e. The van der Waals surface area contributed by atoms with E-state index in [2.05, 4.69) is 15.9 Å². The van der Waals surface area contributed by atoms with Gasteiger partial charge in [-0.2, -0.15) is 0 Å². The maximum atomic E-state index is 10.8. The molecule has 15 heavy (non-hydrogen) atoms. The molecule has 0 spiro atoms. The topological polar surface area (TPSA) is 78.4 Å². The minimum atomic E-state index is -0.498. The number of methoxy groups -OCH3 is 1. The van der Waals surface area contributed by atoms with Crippen LogP contribution in [0, 0.1) is 20.6 Å². The second-order valence-electron chi connectivity index (χ2n) is 2.81. The molecule has 2 N–H and O–H groups in total. The summed E-state index contributed by atoms with van der Waals surface area (Å²) in [4.78, 5) is 10.3. The van der Waals surface area contributed by atoms with E-state index in [1.165, 1.54) is 7.11 Å². The first-order chi connectivity index (χ1) is 6.91. The molecule has 0 aromatic heterocycles. The first-order valence-corrected chi connectivity index (χ1v) is 5.74. The van der Waals surface area contributed by atoms with E-state index < -0.39 is 4.92 Å². The molecule has 82 valence electrons. The minimum absolute atomic E-state index is 0.0977. The van der Waals surface area contributed by atoms with Crippen LogP contribution < -0.4 is 10.5 Å². The molecule has 0 amide bonds. The van der Waals surface area contributed by atoms with Gasteiger partial charge in [-0.05, 0) is 45.4 Å². The fraction of sp³-hybridized carbons (Fsp3) is 0.250. The molecule has 0 aliphatic carbocycles. The molecule has 0 fully saturated rings. The summed E-state index contributed by atoms with van der Waals surface area (Å²) < 4.78 is 6.32. The third-order valence-electron chi connectivity index (χ3n) is 1.97. The molecule has 0 bridgehead atoms. The van der Waals surface area contributed by atoms with Gasteiger partial charge in [0.25, 0.3) is 5.69 Å². The summed E-state index contributed by atoms with van der Waals surface area (Å²) in [7, 11) is 1.46. The van der Waals surface area contributed by atoms with Crippen molar-refractivity contribution in [1.29, 1.82) is 0 Å². The lowest BCUT2D eigenvalue weighted by Gasteiger charge is -2.11. The third kappa shape index (κ3) is 2.03. The Morgan fingerprint density at radius 3 is 2.53 bits per heavy atom. The van der Waals surface area contributed by atoms with Gasteiger partial charge in [0.2, 0.25) is 0 Å². The SMILES string of the molecule is COc1c(C)c([N+](=O)[O-])c(N)c(I)c1Br. The van der Waals surface area contributed by atoms with Crippen LogP contribution in [0.2, 0.25) is 0 Å².